The van der Waals surface area contributed by atoms with Gasteiger partial charge in [0.25, 0.3) is 0 Å². The fourth-order valence-electron chi connectivity index (χ4n) is 2.97. The molecule has 0 bridgehead atoms. The van der Waals surface area contributed by atoms with Gasteiger partial charge in [-0.05, 0) is 55.0 Å². The van der Waals surface area contributed by atoms with Crippen molar-refractivity contribution in [2.24, 2.45) is 0 Å². The van der Waals surface area contributed by atoms with Gasteiger partial charge in [-0.3, -0.25) is 0 Å². The number of hydrogen-bond donors (Lipinski definition) is 1. The second-order valence-corrected chi connectivity index (χ2v) is 7.21. The van der Waals surface area contributed by atoms with Crippen LogP contribution in [0.3, 0.4) is 0 Å². The summed E-state index contributed by atoms with van der Waals surface area (Å²) in [6.07, 6.45) is 0. The van der Waals surface area contributed by atoms with Gasteiger partial charge in [-0.1, -0.05) is 53.5 Å². The number of fused-ring (bicyclic) bond motifs is 1. The third-order valence-corrected chi connectivity index (χ3v) is 4.90. The molecule has 5 heteroatoms. The molecule has 0 fully saturated rings. The van der Waals surface area contributed by atoms with Crippen LogP contribution < -0.4 is 5.32 Å². The minimum Gasteiger partial charge on any atom is -0.363 e. The van der Waals surface area contributed by atoms with Gasteiger partial charge in [0.1, 0.15) is 5.82 Å². The van der Waals surface area contributed by atoms with Crippen LogP contribution >= 0.6 is 23.2 Å². The van der Waals surface area contributed by atoms with Crippen LogP contribution in [0, 0.1) is 0 Å². The highest BCUT2D eigenvalue weighted by Gasteiger charge is 2.13. The summed E-state index contributed by atoms with van der Waals surface area (Å²) in [7, 11) is 0. The summed E-state index contributed by atoms with van der Waals surface area (Å²) in [5.41, 5.74) is 2.88. The molecular weight excluding hydrogens is 377 g/mol. The number of nitrogens with one attached hydrogen (secondary N) is 1. The van der Waals surface area contributed by atoms with Crippen LogP contribution in [-0.2, 0) is 0 Å². The van der Waals surface area contributed by atoms with E-state index in [2.05, 4.69) is 24.4 Å². The van der Waals surface area contributed by atoms with Gasteiger partial charge in [-0.2, -0.15) is 0 Å². The Morgan fingerprint density at radius 3 is 2.26 bits per heavy atom. The molecule has 0 saturated carbocycles. The average molecular weight is 394 g/mol. The maximum Gasteiger partial charge on any atom is 0.162 e. The van der Waals surface area contributed by atoms with Gasteiger partial charge >= 0.3 is 0 Å². The van der Waals surface area contributed by atoms with Gasteiger partial charge in [0, 0.05) is 27.0 Å². The highest BCUT2D eigenvalue weighted by molar-refractivity contribution is 6.31. The summed E-state index contributed by atoms with van der Waals surface area (Å²) in [5.74, 6) is 1.40. The predicted molar refractivity (Wildman–Crippen MR) is 113 cm³/mol. The Bertz CT molecular complexity index is 1080. The first-order valence-electron chi connectivity index (χ1n) is 8.65. The summed E-state index contributed by atoms with van der Waals surface area (Å²) in [5, 5.41) is 5.78. The fourth-order valence-corrected chi connectivity index (χ4v) is 3.26. The smallest absolute Gasteiger partial charge is 0.162 e. The third-order valence-electron chi connectivity index (χ3n) is 4.41. The Balaban J connectivity index is 1.81. The van der Waals surface area contributed by atoms with Crippen LogP contribution in [-0.4, -0.2) is 9.97 Å². The van der Waals surface area contributed by atoms with Gasteiger partial charge < -0.3 is 5.32 Å². The van der Waals surface area contributed by atoms with E-state index < -0.39 is 0 Å². The Morgan fingerprint density at radius 2 is 1.52 bits per heavy atom. The number of rotatable bonds is 4. The molecule has 0 aliphatic rings. The van der Waals surface area contributed by atoms with Crippen LogP contribution in [0.2, 0.25) is 10.0 Å². The van der Waals surface area contributed by atoms with Crippen molar-refractivity contribution in [2.75, 3.05) is 5.32 Å². The molecular formula is C22H17Cl2N3. The summed E-state index contributed by atoms with van der Waals surface area (Å²) in [6, 6.07) is 23.5. The van der Waals surface area contributed by atoms with E-state index in [1.165, 1.54) is 5.56 Å². The first-order chi connectivity index (χ1) is 13.1. The molecule has 1 atom stereocenters. The Kier molecular flexibility index (Phi) is 4.97. The lowest BCUT2D eigenvalue weighted by atomic mass is 10.1. The standard InChI is InChI=1S/C22H17Cl2N3/c1-14(15-5-3-2-4-6-15)25-22-19-12-11-18(24)13-20(19)26-21(27-22)16-7-9-17(23)10-8-16/h2-14H,1H3,(H,25,26,27)/t14-/m0/s1. The maximum absolute atomic E-state index is 6.19. The number of nitrogens with zero attached hydrogens (tertiary/aromatic N) is 2. The number of halogens is 2. The largest absolute Gasteiger partial charge is 0.363 e. The van der Waals surface area contributed by atoms with E-state index in [4.69, 9.17) is 33.2 Å². The molecule has 0 unspecified atom stereocenters. The molecule has 4 aromatic rings. The van der Waals surface area contributed by atoms with E-state index >= 15 is 0 Å². The van der Waals surface area contributed by atoms with Crippen LogP contribution in [0.4, 0.5) is 5.82 Å². The number of aromatic nitrogens is 2. The van der Waals surface area contributed by atoms with E-state index in [-0.39, 0.29) is 6.04 Å². The van der Waals surface area contributed by atoms with E-state index in [0.29, 0.717) is 15.9 Å². The summed E-state index contributed by atoms with van der Waals surface area (Å²) < 4.78 is 0. The van der Waals surface area contributed by atoms with Crippen molar-refractivity contribution in [3.63, 3.8) is 0 Å². The van der Waals surface area contributed by atoms with Crippen molar-refractivity contribution in [1.29, 1.82) is 0 Å². The molecule has 0 spiro atoms. The van der Waals surface area contributed by atoms with Crippen LogP contribution in [0.5, 0.6) is 0 Å². The molecule has 1 heterocycles. The second-order valence-electron chi connectivity index (χ2n) is 6.34. The Labute approximate surface area is 168 Å². The van der Waals surface area contributed by atoms with Crippen molar-refractivity contribution in [1.82, 2.24) is 9.97 Å². The Hall–Kier alpha value is -2.62. The minimum absolute atomic E-state index is 0.0954. The topological polar surface area (TPSA) is 37.8 Å². The quantitative estimate of drug-likeness (QED) is 0.415. The zero-order valence-electron chi connectivity index (χ0n) is 14.7. The predicted octanol–water partition coefficient (Wildman–Crippen LogP) is 6.78. The van der Waals surface area contributed by atoms with E-state index in [9.17, 15) is 0 Å². The number of anilines is 1. The first-order valence-corrected chi connectivity index (χ1v) is 9.40. The molecule has 3 nitrogen and oxygen atoms in total. The van der Waals surface area contributed by atoms with Gasteiger partial charge in [0.05, 0.1) is 5.52 Å². The lowest BCUT2D eigenvalue weighted by Gasteiger charge is -2.17. The normalized spacial score (nSPS) is 12.1. The highest BCUT2D eigenvalue weighted by atomic mass is 35.5. The van der Waals surface area contributed by atoms with Crippen molar-refractivity contribution in [3.05, 3.63) is 88.4 Å². The van der Waals surface area contributed by atoms with Crippen molar-refractivity contribution in [3.8, 4) is 11.4 Å². The van der Waals surface area contributed by atoms with Crippen LogP contribution in [0.1, 0.15) is 18.5 Å². The van der Waals surface area contributed by atoms with Crippen LogP contribution in [0.15, 0.2) is 72.8 Å². The fraction of sp³-hybridized carbons (Fsp3) is 0.0909. The zero-order chi connectivity index (χ0) is 18.8. The summed E-state index contributed by atoms with van der Waals surface area (Å²) in [6.45, 7) is 2.11. The molecule has 0 aliphatic heterocycles. The second kappa shape index (κ2) is 7.55. The molecule has 3 aromatic carbocycles. The van der Waals surface area contributed by atoms with E-state index in [1.807, 2.05) is 60.7 Å². The molecule has 0 aliphatic carbocycles. The van der Waals surface area contributed by atoms with Gasteiger partial charge in [0.15, 0.2) is 5.82 Å². The third kappa shape index (κ3) is 3.90. The molecule has 134 valence electrons. The van der Waals surface area contributed by atoms with Crippen molar-refractivity contribution >= 4 is 39.9 Å². The maximum atomic E-state index is 6.19. The van der Waals surface area contributed by atoms with Gasteiger partial charge in [-0.15, -0.1) is 0 Å². The number of hydrogen-bond acceptors (Lipinski definition) is 3. The Morgan fingerprint density at radius 1 is 0.815 bits per heavy atom. The van der Waals surface area contributed by atoms with E-state index in [1.54, 1.807) is 0 Å². The molecule has 4 rings (SSSR count). The van der Waals surface area contributed by atoms with Crippen molar-refractivity contribution in [2.45, 2.75) is 13.0 Å². The van der Waals surface area contributed by atoms with Crippen molar-refractivity contribution < 1.29 is 0 Å². The van der Waals surface area contributed by atoms with E-state index in [0.717, 1.165) is 22.3 Å². The molecule has 1 aromatic heterocycles. The van der Waals surface area contributed by atoms with Gasteiger partial charge in [0.2, 0.25) is 0 Å². The molecule has 0 radical (unpaired) electrons. The SMILES string of the molecule is C[C@H](Nc1nc(-c2ccc(Cl)cc2)nc2cc(Cl)ccc12)c1ccccc1. The first kappa shape index (κ1) is 17.8. The number of benzene rings is 3. The molecule has 0 amide bonds. The lowest BCUT2D eigenvalue weighted by molar-refractivity contribution is 0.876. The zero-order valence-corrected chi connectivity index (χ0v) is 16.2. The van der Waals surface area contributed by atoms with Gasteiger partial charge in [-0.25, -0.2) is 9.97 Å². The average Bonchev–Trinajstić information content (AvgIpc) is 2.68. The lowest BCUT2D eigenvalue weighted by Crippen LogP contribution is -2.09. The van der Waals surface area contributed by atoms with Crippen LogP contribution in [0.25, 0.3) is 22.3 Å². The molecule has 0 saturated heterocycles. The summed E-state index contributed by atoms with van der Waals surface area (Å²) in [4.78, 5) is 9.49. The summed E-state index contributed by atoms with van der Waals surface area (Å²) >= 11 is 12.2. The molecule has 27 heavy (non-hydrogen) atoms. The highest BCUT2D eigenvalue weighted by Crippen LogP contribution is 2.30. The molecule has 1 N–H and O–H groups in total. The monoisotopic (exact) mass is 393 g/mol. The minimum atomic E-state index is 0.0954.